The summed E-state index contributed by atoms with van der Waals surface area (Å²) >= 11 is 0. The Morgan fingerprint density at radius 3 is 2.84 bits per heavy atom. The van der Waals surface area contributed by atoms with Crippen LogP contribution in [0.4, 0.5) is 11.8 Å². The lowest BCUT2D eigenvalue weighted by Gasteiger charge is -2.16. The Kier molecular flexibility index (Phi) is 6.28. The number of aliphatic hydroxyl groups excluding tert-OH is 3. The predicted octanol–water partition coefficient (Wildman–Crippen LogP) is 0.140. The molecule has 1 aromatic carbocycles. The summed E-state index contributed by atoms with van der Waals surface area (Å²) in [5.74, 6) is 0.943. The van der Waals surface area contributed by atoms with Crippen LogP contribution in [0.2, 0.25) is 0 Å². The highest BCUT2D eigenvalue weighted by Gasteiger charge is 2.44. The van der Waals surface area contributed by atoms with Crippen molar-refractivity contribution in [2.75, 3.05) is 24.9 Å². The molecule has 168 valence electrons. The maximum absolute atomic E-state index is 10.3. The largest absolute Gasteiger partial charge is 0.496 e. The number of rotatable bonds is 7. The molecular formula is C20H23N7O5. The summed E-state index contributed by atoms with van der Waals surface area (Å²) in [5, 5.41) is 33.7. The van der Waals surface area contributed by atoms with E-state index in [1.807, 2.05) is 30.3 Å². The number of hydrogen-bond donors (Lipinski definition) is 5. The molecule has 6 N–H and O–H groups in total. The monoisotopic (exact) mass is 441 g/mol. The molecule has 0 unspecified atom stereocenters. The van der Waals surface area contributed by atoms with Crippen LogP contribution >= 0.6 is 0 Å². The Labute approximate surface area is 182 Å². The number of fused-ring (bicyclic) bond motifs is 1. The van der Waals surface area contributed by atoms with Gasteiger partial charge in [0.1, 0.15) is 29.6 Å². The highest BCUT2D eigenvalue weighted by Crippen LogP contribution is 2.32. The number of methoxy groups -OCH3 is 1. The van der Waals surface area contributed by atoms with Gasteiger partial charge in [0.05, 0.1) is 20.0 Å². The van der Waals surface area contributed by atoms with Crippen LogP contribution in [-0.4, -0.2) is 73.1 Å². The van der Waals surface area contributed by atoms with Gasteiger partial charge in [0, 0.05) is 11.8 Å². The molecule has 12 heteroatoms. The molecule has 4 atom stereocenters. The van der Waals surface area contributed by atoms with Gasteiger partial charge >= 0.3 is 0 Å². The van der Waals surface area contributed by atoms with E-state index in [-0.39, 0.29) is 17.4 Å². The van der Waals surface area contributed by atoms with Crippen LogP contribution in [0.5, 0.6) is 5.75 Å². The Balaban J connectivity index is 1.52. The molecule has 12 nitrogen and oxygen atoms in total. The second-order valence-corrected chi connectivity index (χ2v) is 6.98. The first-order valence-electron chi connectivity index (χ1n) is 9.74. The van der Waals surface area contributed by atoms with Gasteiger partial charge in [-0.3, -0.25) is 4.57 Å². The lowest BCUT2D eigenvalue weighted by molar-refractivity contribution is -0.0511. The number of nitrogens with zero attached hydrogens (tertiary/aromatic N) is 5. The van der Waals surface area contributed by atoms with Gasteiger partial charge in [0.2, 0.25) is 5.95 Å². The molecule has 0 aliphatic carbocycles. The number of imidazole rings is 1. The number of benzene rings is 1. The zero-order valence-electron chi connectivity index (χ0n) is 17.1. The summed E-state index contributed by atoms with van der Waals surface area (Å²) in [6.07, 6.45) is 1.98. The van der Waals surface area contributed by atoms with Crippen LogP contribution in [0.15, 0.2) is 41.8 Å². The van der Waals surface area contributed by atoms with E-state index in [1.54, 1.807) is 13.2 Å². The zero-order chi connectivity index (χ0) is 22.7. The zero-order valence-corrected chi connectivity index (χ0v) is 17.1. The minimum absolute atomic E-state index is 0.0998. The number of aliphatic hydroxyl groups is 3. The number of para-hydroxylation sites is 1. The van der Waals surface area contributed by atoms with Gasteiger partial charge in [-0.25, -0.2) is 10.4 Å². The SMILES string of the molecule is COc1ccccc1/C=C/C=N/Nc1nc(N)c2ncn([C@@H]3O[C@H](CO)[C@@H](O)[C@H]3O)c2n1. The first kappa shape index (κ1) is 21.6. The number of hydrazone groups is 1. The van der Waals surface area contributed by atoms with E-state index >= 15 is 0 Å². The molecule has 0 amide bonds. The van der Waals surface area contributed by atoms with Crippen molar-refractivity contribution >= 4 is 35.2 Å². The average molecular weight is 441 g/mol. The fourth-order valence-corrected chi connectivity index (χ4v) is 3.37. The van der Waals surface area contributed by atoms with Gasteiger partial charge in [0.15, 0.2) is 17.7 Å². The highest BCUT2D eigenvalue weighted by atomic mass is 16.6. The van der Waals surface area contributed by atoms with E-state index < -0.39 is 31.1 Å². The molecule has 4 rings (SSSR count). The normalized spacial score (nSPS) is 23.5. The fourth-order valence-electron chi connectivity index (χ4n) is 3.37. The Bertz CT molecular complexity index is 1150. The lowest BCUT2D eigenvalue weighted by Crippen LogP contribution is -2.33. The molecule has 0 saturated carbocycles. The van der Waals surface area contributed by atoms with Gasteiger partial charge in [-0.1, -0.05) is 18.2 Å². The van der Waals surface area contributed by atoms with Crippen LogP contribution in [0.25, 0.3) is 17.2 Å². The van der Waals surface area contributed by atoms with Gasteiger partial charge in [-0.2, -0.15) is 15.1 Å². The van der Waals surface area contributed by atoms with Crippen molar-refractivity contribution in [3.05, 3.63) is 42.2 Å². The van der Waals surface area contributed by atoms with Crippen molar-refractivity contribution in [3.8, 4) is 5.75 Å². The van der Waals surface area contributed by atoms with Crippen molar-refractivity contribution in [1.29, 1.82) is 0 Å². The fraction of sp³-hybridized carbons (Fsp3) is 0.300. The number of anilines is 2. The minimum atomic E-state index is -1.28. The summed E-state index contributed by atoms with van der Waals surface area (Å²) in [6, 6.07) is 7.55. The van der Waals surface area contributed by atoms with Gasteiger partial charge in [0.25, 0.3) is 0 Å². The molecule has 1 fully saturated rings. The molecule has 1 aliphatic rings. The predicted molar refractivity (Wildman–Crippen MR) is 117 cm³/mol. The first-order valence-corrected chi connectivity index (χ1v) is 9.74. The summed E-state index contributed by atoms with van der Waals surface area (Å²) < 4.78 is 12.3. The third-order valence-corrected chi connectivity index (χ3v) is 4.98. The molecule has 2 aromatic heterocycles. The second kappa shape index (κ2) is 9.28. The number of allylic oxidation sites excluding steroid dienone is 1. The Morgan fingerprint density at radius 1 is 1.28 bits per heavy atom. The summed E-state index contributed by atoms with van der Waals surface area (Å²) in [5.41, 5.74) is 10.1. The quantitative estimate of drug-likeness (QED) is 0.251. The summed E-state index contributed by atoms with van der Waals surface area (Å²) in [7, 11) is 1.60. The summed E-state index contributed by atoms with van der Waals surface area (Å²) in [4.78, 5) is 12.6. The molecule has 1 aliphatic heterocycles. The Hall–Kier alpha value is -3.58. The molecule has 32 heavy (non-hydrogen) atoms. The minimum Gasteiger partial charge on any atom is -0.496 e. The molecule has 3 heterocycles. The van der Waals surface area contributed by atoms with Gasteiger partial charge < -0.3 is 30.5 Å². The van der Waals surface area contributed by atoms with Crippen molar-refractivity contribution < 1.29 is 24.8 Å². The molecular weight excluding hydrogens is 418 g/mol. The van der Waals surface area contributed by atoms with Crippen LogP contribution in [-0.2, 0) is 4.74 Å². The number of nitrogens with two attached hydrogens (primary N) is 1. The first-order chi connectivity index (χ1) is 15.5. The van der Waals surface area contributed by atoms with E-state index in [0.29, 0.717) is 5.52 Å². The van der Waals surface area contributed by atoms with Gasteiger partial charge in [-0.15, -0.1) is 0 Å². The van der Waals surface area contributed by atoms with E-state index in [2.05, 4.69) is 25.5 Å². The summed E-state index contributed by atoms with van der Waals surface area (Å²) in [6.45, 7) is -0.442. The smallest absolute Gasteiger partial charge is 0.247 e. The van der Waals surface area contributed by atoms with Crippen molar-refractivity contribution in [1.82, 2.24) is 19.5 Å². The highest BCUT2D eigenvalue weighted by molar-refractivity contribution is 5.83. The van der Waals surface area contributed by atoms with Crippen molar-refractivity contribution in [2.45, 2.75) is 24.5 Å². The molecule has 1 saturated heterocycles. The van der Waals surface area contributed by atoms with E-state index in [9.17, 15) is 15.3 Å². The Morgan fingerprint density at radius 2 is 2.09 bits per heavy atom. The molecule has 0 bridgehead atoms. The lowest BCUT2D eigenvalue weighted by atomic mass is 10.1. The average Bonchev–Trinajstić information content (AvgIpc) is 3.35. The number of hydrogen-bond acceptors (Lipinski definition) is 11. The van der Waals surface area contributed by atoms with E-state index in [1.165, 1.54) is 17.1 Å². The number of nitrogens with one attached hydrogen (secondary N) is 1. The number of nitrogen functional groups attached to an aromatic ring is 1. The third-order valence-electron chi connectivity index (χ3n) is 4.98. The molecule has 0 spiro atoms. The third kappa shape index (κ3) is 4.11. The standard InChI is InChI=1S/C20H23N7O5/c1-31-12-7-3-2-5-11(12)6-4-8-23-26-20-24-17(21)14-18(25-20)27(10-22-14)19-16(30)15(29)13(9-28)32-19/h2-8,10,13,15-16,19,28-30H,9H2,1H3,(H3,21,24,25,26)/b6-4+,23-8+/t13-,15-,16-,19-/m1/s1. The number of aromatic nitrogens is 4. The van der Waals surface area contributed by atoms with E-state index in [4.69, 9.17) is 15.2 Å². The van der Waals surface area contributed by atoms with Crippen LogP contribution < -0.4 is 15.9 Å². The van der Waals surface area contributed by atoms with Crippen LogP contribution in [0.1, 0.15) is 11.8 Å². The van der Waals surface area contributed by atoms with E-state index in [0.717, 1.165) is 11.3 Å². The van der Waals surface area contributed by atoms with Crippen molar-refractivity contribution in [3.63, 3.8) is 0 Å². The maximum Gasteiger partial charge on any atom is 0.247 e. The van der Waals surface area contributed by atoms with Gasteiger partial charge in [-0.05, 0) is 18.2 Å². The van der Waals surface area contributed by atoms with Crippen molar-refractivity contribution in [2.24, 2.45) is 5.10 Å². The number of ether oxygens (including phenoxy) is 2. The molecule has 0 radical (unpaired) electrons. The van der Waals surface area contributed by atoms with Crippen LogP contribution in [0, 0.1) is 0 Å². The van der Waals surface area contributed by atoms with Crippen LogP contribution in [0.3, 0.4) is 0 Å². The second-order valence-electron chi connectivity index (χ2n) is 6.98. The molecule has 3 aromatic rings. The maximum atomic E-state index is 10.3. The topological polar surface area (TPSA) is 173 Å².